The fourth-order valence-corrected chi connectivity index (χ4v) is 2.78. The number of thiazole rings is 1. The molecule has 1 amide bonds. The van der Waals surface area contributed by atoms with Crippen LogP contribution >= 0.6 is 11.3 Å². The number of benzene rings is 1. The molecule has 0 bridgehead atoms. The normalized spacial score (nSPS) is 10.4. The smallest absolute Gasteiger partial charge is 0.221 e. The molecule has 1 aromatic carbocycles. The van der Waals surface area contributed by atoms with Gasteiger partial charge in [-0.2, -0.15) is 0 Å². The first kappa shape index (κ1) is 15.5. The van der Waals surface area contributed by atoms with Crippen LogP contribution in [0.3, 0.4) is 0 Å². The molecule has 0 radical (unpaired) electrons. The summed E-state index contributed by atoms with van der Waals surface area (Å²) in [6.45, 7) is 4.94. The predicted octanol–water partition coefficient (Wildman–Crippen LogP) is 3.14. The lowest BCUT2D eigenvalue weighted by molar-refractivity contribution is -0.114. The van der Waals surface area contributed by atoms with E-state index in [0.29, 0.717) is 6.61 Å². The van der Waals surface area contributed by atoms with E-state index in [9.17, 15) is 4.79 Å². The molecule has 21 heavy (non-hydrogen) atoms. The highest BCUT2D eigenvalue weighted by molar-refractivity contribution is 7.16. The summed E-state index contributed by atoms with van der Waals surface area (Å²) in [5, 5.41) is 6.89. The summed E-state index contributed by atoms with van der Waals surface area (Å²) in [6, 6.07) is 7.69. The highest BCUT2D eigenvalue weighted by atomic mass is 32.1. The van der Waals surface area contributed by atoms with E-state index in [1.165, 1.54) is 6.92 Å². The van der Waals surface area contributed by atoms with Crippen molar-refractivity contribution in [3.63, 3.8) is 0 Å². The molecule has 0 atom stereocenters. The van der Waals surface area contributed by atoms with Gasteiger partial charge in [0.15, 0.2) is 5.13 Å². The van der Waals surface area contributed by atoms with E-state index in [1.54, 1.807) is 18.4 Å². The van der Waals surface area contributed by atoms with Gasteiger partial charge in [0.25, 0.3) is 0 Å². The number of rotatable bonds is 6. The minimum absolute atomic E-state index is 0.0720. The molecule has 112 valence electrons. The number of carbonyl (C=O) groups excluding carboxylic acids is 1. The Morgan fingerprint density at radius 1 is 1.33 bits per heavy atom. The van der Waals surface area contributed by atoms with Gasteiger partial charge in [0.05, 0.1) is 12.3 Å². The zero-order valence-corrected chi connectivity index (χ0v) is 13.2. The maximum Gasteiger partial charge on any atom is 0.221 e. The average molecular weight is 305 g/mol. The van der Waals surface area contributed by atoms with Crippen molar-refractivity contribution in [1.29, 1.82) is 0 Å². The van der Waals surface area contributed by atoms with Crippen LogP contribution in [0.5, 0.6) is 0 Å². The van der Waals surface area contributed by atoms with Crippen LogP contribution in [0.1, 0.15) is 11.8 Å². The summed E-state index contributed by atoms with van der Waals surface area (Å²) in [4.78, 5) is 16.8. The number of nitrogens with zero attached hydrogens (tertiary/aromatic N) is 1. The molecule has 2 rings (SSSR count). The van der Waals surface area contributed by atoms with Crippen molar-refractivity contribution in [1.82, 2.24) is 4.98 Å². The first-order valence-electron chi connectivity index (χ1n) is 6.68. The maximum absolute atomic E-state index is 11.0. The Morgan fingerprint density at radius 2 is 2.05 bits per heavy atom. The number of hydrogen-bond donors (Lipinski definition) is 2. The molecule has 0 spiro atoms. The van der Waals surface area contributed by atoms with Gasteiger partial charge in [-0.25, -0.2) is 4.98 Å². The van der Waals surface area contributed by atoms with Gasteiger partial charge in [-0.1, -0.05) is 12.1 Å². The highest BCUT2D eigenvalue weighted by Gasteiger charge is 2.09. The molecule has 0 aliphatic heterocycles. The zero-order chi connectivity index (χ0) is 15.2. The average Bonchev–Trinajstić information content (AvgIpc) is 2.80. The second kappa shape index (κ2) is 7.19. The number of amides is 1. The molecule has 0 aliphatic carbocycles. The van der Waals surface area contributed by atoms with Gasteiger partial charge in [-0.15, -0.1) is 11.3 Å². The number of nitrogens with one attached hydrogen (secondary N) is 2. The molecule has 0 saturated heterocycles. The SMILES string of the molecule is COCCNc1nc(-c2ccc(NC(C)=O)cc2)c(C)s1. The lowest BCUT2D eigenvalue weighted by atomic mass is 10.1. The molecule has 1 heterocycles. The monoisotopic (exact) mass is 305 g/mol. The summed E-state index contributed by atoms with van der Waals surface area (Å²) in [7, 11) is 1.68. The largest absolute Gasteiger partial charge is 0.383 e. The molecule has 0 unspecified atom stereocenters. The van der Waals surface area contributed by atoms with Crippen LogP contribution in [0.2, 0.25) is 0 Å². The third-order valence-corrected chi connectivity index (χ3v) is 3.79. The van der Waals surface area contributed by atoms with Crippen LogP contribution in [0.15, 0.2) is 24.3 Å². The van der Waals surface area contributed by atoms with E-state index in [4.69, 9.17) is 4.74 Å². The Bertz CT molecular complexity index is 608. The zero-order valence-electron chi connectivity index (χ0n) is 12.4. The molecular formula is C15H19N3O2S. The minimum atomic E-state index is -0.0720. The van der Waals surface area contributed by atoms with E-state index < -0.39 is 0 Å². The Morgan fingerprint density at radius 3 is 2.67 bits per heavy atom. The number of carbonyl (C=O) groups is 1. The predicted molar refractivity (Wildman–Crippen MR) is 87.0 cm³/mol. The van der Waals surface area contributed by atoms with E-state index in [1.807, 2.05) is 24.3 Å². The van der Waals surface area contributed by atoms with E-state index in [-0.39, 0.29) is 5.91 Å². The van der Waals surface area contributed by atoms with Gasteiger partial charge in [0.2, 0.25) is 5.91 Å². The summed E-state index contributed by atoms with van der Waals surface area (Å²) >= 11 is 1.63. The molecule has 0 saturated carbocycles. The summed E-state index contributed by atoms with van der Waals surface area (Å²) in [6.07, 6.45) is 0. The number of hydrogen-bond acceptors (Lipinski definition) is 5. The van der Waals surface area contributed by atoms with Gasteiger partial charge in [0, 0.05) is 36.7 Å². The van der Waals surface area contributed by atoms with Crippen molar-refractivity contribution >= 4 is 28.1 Å². The van der Waals surface area contributed by atoms with Crippen LogP contribution in [0.25, 0.3) is 11.3 Å². The first-order valence-corrected chi connectivity index (χ1v) is 7.50. The van der Waals surface area contributed by atoms with Crippen molar-refractivity contribution < 1.29 is 9.53 Å². The van der Waals surface area contributed by atoms with Crippen LogP contribution in [0, 0.1) is 6.92 Å². The summed E-state index contributed by atoms with van der Waals surface area (Å²) in [5.74, 6) is -0.0720. The van der Waals surface area contributed by atoms with Crippen molar-refractivity contribution in [3.05, 3.63) is 29.1 Å². The third-order valence-electron chi connectivity index (χ3n) is 2.86. The molecule has 2 N–H and O–H groups in total. The first-order chi connectivity index (χ1) is 10.1. The standard InChI is InChI=1S/C15H19N3O2S/c1-10-14(18-15(21-10)16-8-9-20-3)12-4-6-13(7-5-12)17-11(2)19/h4-7H,8-9H2,1-3H3,(H,16,18)(H,17,19). The van der Waals surface area contributed by atoms with Gasteiger partial charge in [-0.3, -0.25) is 4.79 Å². The number of ether oxygens (including phenoxy) is 1. The van der Waals surface area contributed by atoms with Gasteiger partial charge in [-0.05, 0) is 19.1 Å². The van der Waals surface area contributed by atoms with Gasteiger partial charge in [0.1, 0.15) is 0 Å². The molecule has 1 aromatic heterocycles. The van der Waals surface area contributed by atoms with Crippen LogP contribution in [0.4, 0.5) is 10.8 Å². The van der Waals surface area contributed by atoms with Crippen LogP contribution in [-0.4, -0.2) is 31.2 Å². The van der Waals surface area contributed by atoms with Crippen LogP contribution in [-0.2, 0) is 9.53 Å². The maximum atomic E-state index is 11.0. The molecule has 6 heteroatoms. The highest BCUT2D eigenvalue weighted by Crippen LogP contribution is 2.30. The van der Waals surface area contributed by atoms with Crippen LogP contribution < -0.4 is 10.6 Å². The van der Waals surface area contributed by atoms with Crippen molar-refractivity contribution in [2.75, 3.05) is 30.9 Å². The molecule has 2 aromatic rings. The van der Waals surface area contributed by atoms with Gasteiger partial charge >= 0.3 is 0 Å². The number of anilines is 2. The quantitative estimate of drug-likeness (QED) is 0.805. The molecule has 0 fully saturated rings. The van der Waals surface area contributed by atoms with E-state index >= 15 is 0 Å². The number of aromatic nitrogens is 1. The Balaban J connectivity index is 2.12. The molecule has 5 nitrogen and oxygen atoms in total. The molecule has 0 aliphatic rings. The summed E-state index contributed by atoms with van der Waals surface area (Å²) < 4.78 is 5.01. The van der Waals surface area contributed by atoms with Crippen molar-refractivity contribution in [2.24, 2.45) is 0 Å². The molecular weight excluding hydrogens is 286 g/mol. The van der Waals surface area contributed by atoms with Gasteiger partial charge < -0.3 is 15.4 Å². The Hall–Kier alpha value is -1.92. The third kappa shape index (κ3) is 4.27. The lowest BCUT2D eigenvalue weighted by Crippen LogP contribution is -2.07. The second-order valence-corrected chi connectivity index (χ2v) is 5.81. The Kier molecular flexibility index (Phi) is 5.30. The van der Waals surface area contributed by atoms with E-state index in [0.717, 1.165) is 33.5 Å². The second-order valence-electron chi connectivity index (χ2n) is 4.60. The fourth-order valence-electron chi connectivity index (χ4n) is 1.91. The van der Waals surface area contributed by atoms with Crippen molar-refractivity contribution in [3.8, 4) is 11.3 Å². The summed E-state index contributed by atoms with van der Waals surface area (Å²) in [5.41, 5.74) is 2.80. The topological polar surface area (TPSA) is 63.2 Å². The fraction of sp³-hybridized carbons (Fsp3) is 0.333. The number of methoxy groups -OCH3 is 1. The lowest BCUT2D eigenvalue weighted by Gasteiger charge is -2.03. The number of aryl methyl sites for hydroxylation is 1. The van der Waals surface area contributed by atoms with Crippen molar-refractivity contribution in [2.45, 2.75) is 13.8 Å². The van der Waals surface area contributed by atoms with E-state index in [2.05, 4.69) is 22.5 Å². The minimum Gasteiger partial charge on any atom is -0.383 e. The Labute approximate surface area is 128 Å².